The van der Waals surface area contributed by atoms with Crippen LogP contribution in [0.25, 0.3) is 22.3 Å². The molecular weight excluding hydrogens is 574 g/mol. The van der Waals surface area contributed by atoms with E-state index in [-0.39, 0.29) is 5.78 Å². The van der Waals surface area contributed by atoms with Gasteiger partial charge in [-0.2, -0.15) is 0 Å². The van der Waals surface area contributed by atoms with Crippen LogP contribution in [0, 0.1) is 0 Å². The maximum absolute atomic E-state index is 14.1. The summed E-state index contributed by atoms with van der Waals surface area (Å²) in [6.45, 7) is 0. The summed E-state index contributed by atoms with van der Waals surface area (Å²) < 4.78 is 6.82. The topological polar surface area (TPSA) is 29.5 Å². The van der Waals surface area contributed by atoms with Gasteiger partial charge in [0.25, 0.3) is 0 Å². The number of carbonyl (C=O) groups is 1. The molecule has 0 atom stereocenters. The Bertz CT molecular complexity index is 2360. The van der Waals surface area contributed by atoms with Gasteiger partial charge in [-0.05, 0) is 74.8 Å². The quantitative estimate of drug-likeness (QED) is 0.197. The molecule has 2 heterocycles. The van der Waals surface area contributed by atoms with Crippen LogP contribution in [0.4, 0.5) is 17.1 Å². The Kier molecular flexibility index (Phi) is 5.35. The third kappa shape index (κ3) is 3.48. The lowest BCUT2D eigenvalue weighted by molar-refractivity contribution is 0.103. The molecule has 1 aliphatic carbocycles. The first kappa shape index (κ1) is 26.1. The van der Waals surface area contributed by atoms with E-state index in [1.165, 1.54) is 0 Å². The highest BCUT2D eigenvalue weighted by atomic mass is 16.5. The number of nitrogens with zero attached hydrogens (tertiary/aromatic N) is 1. The van der Waals surface area contributed by atoms with Crippen molar-refractivity contribution in [2.75, 3.05) is 4.90 Å². The minimum atomic E-state index is -0.756. The molecule has 3 nitrogen and oxygen atoms in total. The summed E-state index contributed by atoms with van der Waals surface area (Å²) in [5, 5.41) is 0. The van der Waals surface area contributed by atoms with Gasteiger partial charge in [-0.15, -0.1) is 0 Å². The van der Waals surface area contributed by atoms with Crippen molar-refractivity contribution in [1.82, 2.24) is 0 Å². The monoisotopic (exact) mass is 601 g/mol. The molecule has 0 aromatic heterocycles. The van der Waals surface area contributed by atoms with Gasteiger partial charge in [0.15, 0.2) is 17.3 Å². The molecule has 0 fully saturated rings. The van der Waals surface area contributed by atoms with Crippen LogP contribution in [0.15, 0.2) is 164 Å². The predicted molar refractivity (Wildman–Crippen MR) is 187 cm³/mol. The zero-order valence-electron chi connectivity index (χ0n) is 25.4. The van der Waals surface area contributed by atoms with Crippen molar-refractivity contribution < 1.29 is 9.53 Å². The molecule has 0 saturated carbocycles. The zero-order valence-corrected chi connectivity index (χ0v) is 25.4. The fourth-order valence-electron chi connectivity index (χ4n) is 8.09. The van der Waals surface area contributed by atoms with Gasteiger partial charge in [0.05, 0.1) is 22.5 Å². The molecule has 2 aliphatic heterocycles. The lowest BCUT2D eigenvalue weighted by Crippen LogP contribution is -2.43. The van der Waals surface area contributed by atoms with E-state index in [0.717, 1.165) is 84.2 Å². The van der Waals surface area contributed by atoms with E-state index in [4.69, 9.17) is 4.74 Å². The van der Waals surface area contributed by atoms with Crippen LogP contribution in [0.2, 0.25) is 0 Å². The largest absolute Gasteiger partial charge is 0.453 e. The SMILES string of the molecule is O=C1c2ccccc2C2(c3ccccc31)c1cc(-c3ccccc3)ccc1N1c3ccc(-c4ccccc4)cc3Oc3cccc2c31. The lowest BCUT2D eigenvalue weighted by atomic mass is 9.57. The van der Waals surface area contributed by atoms with E-state index >= 15 is 0 Å². The summed E-state index contributed by atoms with van der Waals surface area (Å²) in [4.78, 5) is 16.5. The van der Waals surface area contributed by atoms with E-state index in [2.05, 4.69) is 138 Å². The second-order valence-corrected chi connectivity index (χ2v) is 12.4. The third-order valence-corrected chi connectivity index (χ3v) is 10.1. The maximum atomic E-state index is 14.1. The molecule has 0 unspecified atom stereocenters. The highest BCUT2D eigenvalue weighted by molar-refractivity contribution is 6.15. The number of para-hydroxylation sites is 1. The fraction of sp³-hybridized carbons (Fsp3) is 0.0227. The molecule has 3 heteroatoms. The van der Waals surface area contributed by atoms with Crippen molar-refractivity contribution in [3.8, 4) is 33.8 Å². The van der Waals surface area contributed by atoms with Crippen LogP contribution in [0.1, 0.15) is 38.2 Å². The molecule has 7 aromatic rings. The zero-order chi connectivity index (χ0) is 31.1. The molecule has 220 valence electrons. The summed E-state index contributed by atoms with van der Waals surface area (Å²) in [6, 6.07) is 56.9. The van der Waals surface area contributed by atoms with Crippen LogP contribution in [0.5, 0.6) is 11.5 Å². The minimum Gasteiger partial charge on any atom is -0.453 e. The van der Waals surface area contributed by atoms with Crippen LogP contribution < -0.4 is 9.64 Å². The molecule has 7 aromatic carbocycles. The molecule has 0 radical (unpaired) electrons. The van der Waals surface area contributed by atoms with Crippen LogP contribution in [-0.4, -0.2) is 5.78 Å². The first-order chi connectivity index (χ1) is 23.2. The summed E-state index contributed by atoms with van der Waals surface area (Å²) in [7, 11) is 0. The Morgan fingerprint density at radius 2 is 0.979 bits per heavy atom. The van der Waals surface area contributed by atoms with Gasteiger partial charge in [0.2, 0.25) is 0 Å². The number of carbonyl (C=O) groups excluding carboxylic acids is 1. The second-order valence-electron chi connectivity index (χ2n) is 12.4. The molecular formula is C44H27NO2. The first-order valence-electron chi connectivity index (χ1n) is 16.0. The average Bonchev–Trinajstić information content (AvgIpc) is 3.15. The average molecular weight is 602 g/mol. The summed E-state index contributed by atoms with van der Waals surface area (Å²) in [5.41, 5.74) is 12.5. The third-order valence-electron chi connectivity index (χ3n) is 10.1. The number of ketones is 1. The summed E-state index contributed by atoms with van der Waals surface area (Å²) in [6.07, 6.45) is 0. The Morgan fingerprint density at radius 1 is 0.426 bits per heavy atom. The summed E-state index contributed by atoms with van der Waals surface area (Å²) in [5.74, 6) is 1.67. The van der Waals surface area contributed by atoms with Gasteiger partial charge in [0.1, 0.15) is 0 Å². The van der Waals surface area contributed by atoms with Gasteiger partial charge in [-0.1, -0.05) is 133 Å². The van der Waals surface area contributed by atoms with Gasteiger partial charge in [0, 0.05) is 11.1 Å². The number of hydrogen-bond acceptors (Lipinski definition) is 3. The Hall–Kier alpha value is -6.19. The van der Waals surface area contributed by atoms with Crippen LogP contribution >= 0.6 is 0 Å². The van der Waals surface area contributed by atoms with Gasteiger partial charge < -0.3 is 9.64 Å². The Morgan fingerprint density at radius 3 is 1.64 bits per heavy atom. The van der Waals surface area contributed by atoms with E-state index in [1.54, 1.807) is 0 Å². The molecule has 10 rings (SSSR count). The lowest BCUT2D eigenvalue weighted by Gasteiger charge is -2.50. The van der Waals surface area contributed by atoms with Crippen molar-refractivity contribution in [2.45, 2.75) is 5.41 Å². The van der Waals surface area contributed by atoms with E-state index in [9.17, 15) is 4.79 Å². The molecule has 0 saturated heterocycles. The number of hydrogen-bond donors (Lipinski definition) is 0. The second kappa shape index (κ2) is 9.65. The first-order valence-corrected chi connectivity index (χ1v) is 16.0. The number of benzene rings is 7. The van der Waals surface area contributed by atoms with Gasteiger partial charge in [-0.3, -0.25) is 4.79 Å². The number of fused-ring (bicyclic) bond motifs is 10. The van der Waals surface area contributed by atoms with E-state index < -0.39 is 5.41 Å². The molecule has 0 amide bonds. The van der Waals surface area contributed by atoms with E-state index in [1.807, 2.05) is 30.3 Å². The number of ether oxygens (including phenoxy) is 1. The molecule has 3 aliphatic rings. The molecule has 1 spiro atoms. The predicted octanol–water partition coefficient (Wildman–Crippen LogP) is 10.8. The van der Waals surface area contributed by atoms with Crippen molar-refractivity contribution in [3.05, 3.63) is 197 Å². The minimum absolute atomic E-state index is 0.0601. The summed E-state index contributed by atoms with van der Waals surface area (Å²) >= 11 is 0. The van der Waals surface area contributed by atoms with Crippen molar-refractivity contribution in [3.63, 3.8) is 0 Å². The van der Waals surface area contributed by atoms with Crippen molar-refractivity contribution >= 4 is 22.8 Å². The molecule has 0 bridgehead atoms. The highest BCUT2D eigenvalue weighted by Gasteiger charge is 2.53. The fourth-order valence-corrected chi connectivity index (χ4v) is 8.09. The number of anilines is 3. The van der Waals surface area contributed by atoms with Gasteiger partial charge in [-0.25, -0.2) is 0 Å². The van der Waals surface area contributed by atoms with Gasteiger partial charge >= 0.3 is 0 Å². The normalized spacial score (nSPS) is 14.3. The molecule has 0 N–H and O–H groups in total. The smallest absolute Gasteiger partial charge is 0.193 e. The Balaban J connectivity index is 1.33. The standard InChI is InChI=1S/C44H27NO2/c46-43-32-16-7-9-18-34(32)44(35-19-10-8-17-33(35)43)36-20-11-21-40-42(36)45(38-24-22-30(26-37(38)44)28-12-3-1-4-13-28)39-25-23-31(27-41(39)47-40)29-14-5-2-6-15-29/h1-27H. The Labute approximate surface area is 273 Å². The highest BCUT2D eigenvalue weighted by Crippen LogP contribution is 2.65. The van der Waals surface area contributed by atoms with E-state index in [0.29, 0.717) is 0 Å². The van der Waals surface area contributed by atoms with Crippen molar-refractivity contribution in [1.29, 1.82) is 0 Å². The van der Waals surface area contributed by atoms with Crippen LogP contribution in [-0.2, 0) is 5.41 Å². The van der Waals surface area contributed by atoms with Crippen LogP contribution in [0.3, 0.4) is 0 Å². The number of rotatable bonds is 2. The molecule has 47 heavy (non-hydrogen) atoms. The maximum Gasteiger partial charge on any atom is 0.193 e. The van der Waals surface area contributed by atoms with Crippen molar-refractivity contribution in [2.24, 2.45) is 0 Å².